The first-order chi connectivity index (χ1) is 12.7. The highest BCUT2D eigenvalue weighted by Gasteiger charge is 2.10. The highest BCUT2D eigenvalue weighted by Crippen LogP contribution is 2.25. The van der Waals surface area contributed by atoms with E-state index in [1.54, 1.807) is 6.21 Å². The summed E-state index contributed by atoms with van der Waals surface area (Å²) in [6.07, 6.45) is 5.40. The summed E-state index contributed by atoms with van der Waals surface area (Å²) >= 11 is 7.60. The number of hydrogen-bond donors (Lipinski definition) is 2. The van der Waals surface area contributed by atoms with Crippen LogP contribution in [0.1, 0.15) is 11.1 Å². The monoisotopic (exact) mass is 384 g/mol. The number of nitrogens with two attached hydrogens (primary N) is 1. The molecule has 2 aromatic carbocycles. The number of nitrogens with zero attached hydrogens (tertiary/aromatic N) is 4. The van der Waals surface area contributed by atoms with Gasteiger partial charge in [0, 0.05) is 17.0 Å². The van der Waals surface area contributed by atoms with Gasteiger partial charge in [-0.15, -0.1) is 10.2 Å². The second kappa shape index (κ2) is 9.07. The van der Waals surface area contributed by atoms with E-state index in [1.807, 2.05) is 66.7 Å². The van der Waals surface area contributed by atoms with Crippen LogP contribution in [-0.4, -0.2) is 21.1 Å². The molecular weight excluding hydrogens is 368 g/mol. The fraction of sp³-hybridized carbons (Fsp3) is 0.0556. The third kappa shape index (κ3) is 4.87. The van der Waals surface area contributed by atoms with Crippen LogP contribution in [0.25, 0.3) is 6.08 Å². The van der Waals surface area contributed by atoms with E-state index in [2.05, 4.69) is 20.7 Å². The summed E-state index contributed by atoms with van der Waals surface area (Å²) in [5, 5.41) is 13.4. The van der Waals surface area contributed by atoms with Crippen LogP contribution < -0.4 is 11.3 Å². The van der Waals surface area contributed by atoms with E-state index >= 15 is 0 Å². The molecule has 0 radical (unpaired) electrons. The average Bonchev–Trinajstić information content (AvgIpc) is 3.01. The van der Waals surface area contributed by atoms with Crippen molar-refractivity contribution in [3.63, 3.8) is 0 Å². The minimum absolute atomic E-state index is 0.357. The molecule has 0 bridgehead atoms. The number of nitrogen functional groups attached to an aromatic ring is 1. The Morgan fingerprint density at radius 3 is 2.69 bits per heavy atom. The van der Waals surface area contributed by atoms with Crippen molar-refractivity contribution in [3.05, 3.63) is 76.8 Å². The fourth-order valence-corrected chi connectivity index (χ4v) is 3.21. The number of aromatic nitrogens is 3. The highest BCUT2D eigenvalue weighted by atomic mass is 35.5. The predicted molar refractivity (Wildman–Crippen MR) is 109 cm³/mol. The Morgan fingerprint density at radius 2 is 1.88 bits per heavy atom. The molecule has 0 unspecified atom stereocenters. The fourth-order valence-electron chi connectivity index (χ4n) is 2.07. The van der Waals surface area contributed by atoms with Gasteiger partial charge in [0.05, 0.1) is 0 Å². The average molecular weight is 385 g/mol. The molecule has 0 aliphatic carbocycles. The number of benzene rings is 2. The Morgan fingerprint density at radius 1 is 1.12 bits per heavy atom. The minimum atomic E-state index is 0.357. The zero-order valence-corrected chi connectivity index (χ0v) is 15.4. The molecule has 132 valence electrons. The Balaban J connectivity index is 1.54. The highest BCUT2D eigenvalue weighted by molar-refractivity contribution is 7.98. The smallest absolute Gasteiger partial charge is 0.264 e. The molecule has 0 saturated carbocycles. The van der Waals surface area contributed by atoms with E-state index in [9.17, 15) is 0 Å². The van der Waals surface area contributed by atoms with Crippen molar-refractivity contribution >= 4 is 41.6 Å². The standard InChI is InChI=1S/C18H17ClN6S/c19-16-11-5-4-10-15(16)13-26-18-24-23-17(25(18)20)22-21-12-6-9-14-7-2-1-3-8-14/h1-12H,13,20H2,(H,22,23)/b9-6+,21-12+. The van der Waals surface area contributed by atoms with Gasteiger partial charge in [0.1, 0.15) is 0 Å². The van der Waals surface area contributed by atoms with E-state index in [4.69, 9.17) is 17.4 Å². The van der Waals surface area contributed by atoms with Gasteiger partial charge < -0.3 is 5.84 Å². The SMILES string of the molecule is Nn1c(N/N=C/C=C/c2ccccc2)nnc1SCc1ccccc1Cl. The Hall–Kier alpha value is -2.77. The van der Waals surface area contributed by atoms with Crippen LogP contribution in [0.5, 0.6) is 0 Å². The number of thioether (sulfide) groups is 1. The lowest BCUT2D eigenvalue weighted by Gasteiger charge is -2.04. The molecule has 6 nitrogen and oxygen atoms in total. The zero-order valence-electron chi connectivity index (χ0n) is 13.8. The van der Waals surface area contributed by atoms with Crippen LogP contribution in [0, 0.1) is 0 Å². The maximum atomic E-state index is 6.15. The summed E-state index contributed by atoms with van der Waals surface area (Å²) in [5.74, 6) is 7.00. The van der Waals surface area contributed by atoms with Gasteiger partial charge in [0.2, 0.25) is 5.16 Å². The maximum absolute atomic E-state index is 6.15. The predicted octanol–water partition coefficient (Wildman–Crippen LogP) is 4.05. The lowest BCUT2D eigenvalue weighted by atomic mass is 10.2. The molecule has 0 aliphatic rings. The topological polar surface area (TPSA) is 81.1 Å². The van der Waals surface area contributed by atoms with Crippen molar-refractivity contribution in [1.82, 2.24) is 14.9 Å². The minimum Gasteiger partial charge on any atom is -0.334 e. The Labute approximate surface area is 160 Å². The van der Waals surface area contributed by atoms with E-state index in [0.717, 1.165) is 16.1 Å². The van der Waals surface area contributed by atoms with Gasteiger partial charge in [-0.2, -0.15) is 5.10 Å². The lowest BCUT2D eigenvalue weighted by Crippen LogP contribution is -2.13. The van der Waals surface area contributed by atoms with Crippen molar-refractivity contribution < 1.29 is 0 Å². The summed E-state index contributed by atoms with van der Waals surface area (Å²) in [4.78, 5) is 0. The van der Waals surface area contributed by atoms with Crippen molar-refractivity contribution in [3.8, 4) is 0 Å². The summed E-state index contributed by atoms with van der Waals surface area (Å²) in [6, 6.07) is 17.6. The van der Waals surface area contributed by atoms with Crippen molar-refractivity contribution in [2.75, 3.05) is 11.3 Å². The number of nitrogens with one attached hydrogen (secondary N) is 1. The second-order valence-electron chi connectivity index (χ2n) is 5.22. The van der Waals surface area contributed by atoms with Crippen LogP contribution in [0.15, 0.2) is 70.9 Å². The van der Waals surface area contributed by atoms with Crippen molar-refractivity contribution in [2.45, 2.75) is 10.9 Å². The summed E-state index contributed by atoms with van der Waals surface area (Å²) in [7, 11) is 0. The molecule has 8 heteroatoms. The van der Waals surface area contributed by atoms with Gasteiger partial charge >= 0.3 is 0 Å². The van der Waals surface area contributed by atoms with Gasteiger partial charge in [0.25, 0.3) is 5.95 Å². The van der Waals surface area contributed by atoms with E-state index < -0.39 is 0 Å². The van der Waals surface area contributed by atoms with Gasteiger partial charge in [-0.1, -0.05) is 78.0 Å². The number of allylic oxidation sites excluding steroid dienone is 1. The number of rotatable bonds is 7. The number of anilines is 1. The number of hydrazone groups is 1. The molecule has 0 saturated heterocycles. The van der Waals surface area contributed by atoms with Crippen molar-refractivity contribution in [2.24, 2.45) is 5.10 Å². The van der Waals surface area contributed by atoms with Crippen LogP contribution >= 0.6 is 23.4 Å². The number of hydrogen-bond acceptors (Lipinski definition) is 6. The zero-order chi connectivity index (χ0) is 18.2. The number of halogens is 1. The van der Waals surface area contributed by atoms with Crippen LogP contribution in [0.4, 0.5) is 5.95 Å². The second-order valence-corrected chi connectivity index (χ2v) is 6.57. The molecule has 0 fully saturated rings. The van der Waals surface area contributed by atoms with Crippen molar-refractivity contribution in [1.29, 1.82) is 0 Å². The molecule has 3 N–H and O–H groups in total. The van der Waals surface area contributed by atoms with Crippen LogP contribution in [0.2, 0.25) is 5.02 Å². The molecule has 0 amide bonds. The van der Waals surface area contributed by atoms with E-state index in [1.165, 1.54) is 16.4 Å². The van der Waals surface area contributed by atoms with E-state index in [0.29, 0.717) is 16.9 Å². The molecule has 1 heterocycles. The maximum Gasteiger partial charge on any atom is 0.264 e. The third-order valence-electron chi connectivity index (χ3n) is 3.39. The van der Waals surface area contributed by atoms with E-state index in [-0.39, 0.29) is 0 Å². The lowest BCUT2D eigenvalue weighted by molar-refractivity contribution is 0.847. The molecule has 0 spiro atoms. The molecule has 3 aromatic rings. The summed E-state index contributed by atoms with van der Waals surface area (Å²) in [5.41, 5.74) is 4.88. The van der Waals surface area contributed by atoms with Gasteiger partial charge in [-0.25, -0.2) is 10.1 Å². The van der Waals surface area contributed by atoms with Crippen LogP contribution in [0.3, 0.4) is 0 Å². The summed E-state index contributed by atoms with van der Waals surface area (Å²) < 4.78 is 1.36. The molecule has 0 aliphatic heterocycles. The normalized spacial score (nSPS) is 11.4. The van der Waals surface area contributed by atoms with Gasteiger partial charge in [0.15, 0.2) is 0 Å². The first-order valence-corrected chi connectivity index (χ1v) is 9.18. The first kappa shape index (κ1) is 18.0. The van der Waals surface area contributed by atoms with Crippen LogP contribution in [-0.2, 0) is 5.75 Å². The molecular formula is C18H17ClN6S. The Bertz CT molecular complexity index is 907. The summed E-state index contributed by atoms with van der Waals surface area (Å²) in [6.45, 7) is 0. The largest absolute Gasteiger partial charge is 0.334 e. The molecule has 26 heavy (non-hydrogen) atoms. The quantitative estimate of drug-likeness (QED) is 0.278. The Kier molecular flexibility index (Phi) is 6.29. The molecule has 3 rings (SSSR count). The van der Waals surface area contributed by atoms with Gasteiger partial charge in [-0.3, -0.25) is 0 Å². The molecule has 1 aromatic heterocycles. The third-order valence-corrected chi connectivity index (χ3v) is 4.75. The van der Waals surface area contributed by atoms with Gasteiger partial charge in [-0.05, 0) is 23.3 Å². The molecule has 0 atom stereocenters. The first-order valence-electron chi connectivity index (χ1n) is 7.81.